The first-order valence-electron chi connectivity index (χ1n) is 9.40. The molecule has 1 aromatic rings. The fourth-order valence-corrected chi connectivity index (χ4v) is 4.88. The molecule has 1 fully saturated rings. The topological polar surface area (TPSA) is 56.4 Å². The molecule has 1 aliphatic heterocycles. The van der Waals surface area contributed by atoms with E-state index in [1.54, 1.807) is 0 Å². The number of rotatable bonds is 4. The number of urea groups is 1. The van der Waals surface area contributed by atoms with Crippen LogP contribution in [0.2, 0.25) is 0 Å². The molecule has 5 nitrogen and oxygen atoms in total. The lowest BCUT2D eigenvalue weighted by atomic mass is 9.99. The van der Waals surface area contributed by atoms with E-state index in [9.17, 15) is 4.79 Å². The molecular formula is C19H24N4OS. The SMILES string of the molecule is O=C(NSC1C=CN(C2CC2)N1)Nc1c2c(cc3c1CCC3)CCC2. The largest absolute Gasteiger partial charge is 0.329 e. The van der Waals surface area contributed by atoms with Crippen LogP contribution in [0.4, 0.5) is 10.5 Å². The molecule has 25 heavy (non-hydrogen) atoms. The minimum atomic E-state index is -0.112. The molecule has 4 aliphatic rings. The van der Waals surface area contributed by atoms with E-state index in [1.807, 2.05) is 0 Å². The Labute approximate surface area is 152 Å². The number of amides is 2. The molecule has 2 amide bonds. The Morgan fingerprint density at radius 1 is 1.12 bits per heavy atom. The van der Waals surface area contributed by atoms with Gasteiger partial charge in [-0.3, -0.25) is 4.72 Å². The lowest BCUT2D eigenvalue weighted by Crippen LogP contribution is -2.37. The summed E-state index contributed by atoms with van der Waals surface area (Å²) in [6.07, 6.45) is 13.6. The number of nitrogens with zero attached hydrogens (tertiary/aromatic N) is 1. The number of hydrogen-bond donors (Lipinski definition) is 3. The maximum absolute atomic E-state index is 12.5. The van der Waals surface area contributed by atoms with Gasteiger partial charge in [0.1, 0.15) is 5.37 Å². The molecule has 1 heterocycles. The molecule has 0 spiro atoms. The molecule has 1 saturated carbocycles. The van der Waals surface area contributed by atoms with Crippen molar-refractivity contribution >= 4 is 23.7 Å². The second kappa shape index (κ2) is 6.25. The van der Waals surface area contributed by atoms with Crippen LogP contribution in [0.5, 0.6) is 0 Å². The fourth-order valence-electron chi connectivity index (χ4n) is 4.27. The Morgan fingerprint density at radius 3 is 2.52 bits per heavy atom. The molecule has 3 N–H and O–H groups in total. The Hall–Kier alpha value is -1.66. The zero-order chi connectivity index (χ0) is 16.8. The first-order valence-corrected chi connectivity index (χ1v) is 10.3. The summed E-state index contributed by atoms with van der Waals surface area (Å²) in [5.41, 5.74) is 10.2. The van der Waals surface area contributed by atoms with Crippen LogP contribution < -0.4 is 15.5 Å². The Balaban J connectivity index is 1.24. The average molecular weight is 356 g/mol. The number of hydrogen-bond acceptors (Lipinski definition) is 4. The van der Waals surface area contributed by atoms with Gasteiger partial charge in [0.15, 0.2) is 0 Å². The van der Waals surface area contributed by atoms with Gasteiger partial charge in [-0.2, -0.15) is 0 Å². The molecule has 0 radical (unpaired) electrons. The molecule has 132 valence electrons. The molecule has 0 aromatic heterocycles. The number of aryl methyl sites for hydroxylation is 2. The summed E-state index contributed by atoms with van der Waals surface area (Å²) in [6, 6.07) is 2.92. The van der Waals surface area contributed by atoms with Crippen LogP contribution in [-0.2, 0) is 25.7 Å². The molecule has 1 aromatic carbocycles. The third-order valence-electron chi connectivity index (χ3n) is 5.63. The highest BCUT2D eigenvalue weighted by Crippen LogP contribution is 2.38. The molecule has 0 saturated heterocycles. The Bertz CT molecular complexity index is 711. The fraction of sp³-hybridized carbons (Fsp3) is 0.526. The van der Waals surface area contributed by atoms with Gasteiger partial charge in [0.2, 0.25) is 0 Å². The molecule has 1 atom stereocenters. The van der Waals surface area contributed by atoms with Gasteiger partial charge in [-0.1, -0.05) is 6.07 Å². The lowest BCUT2D eigenvalue weighted by Gasteiger charge is -2.19. The van der Waals surface area contributed by atoms with Crippen LogP contribution in [0.15, 0.2) is 18.3 Å². The molecule has 6 heteroatoms. The van der Waals surface area contributed by atoms with Crippen LogP contribution in [-0.4, -0.2) is 22.5 Å². The van der Waals surface area contributed by atoms with Crippen molar-refractivity contribution in [2.75, 3.05) is 5.32 Å². The highest BCUT2D eigenvalue weighted by molar-refractivity contribution is 7.98. The lowest BCUT2D eigenvalue weighted by molar-refractivity contribution is 0.257. The van der Waals surface area contributed by atoms with Gasteiger partial charge in [0.25, 0.3) is 0 Å². The minimum absolute atomic E-state index is 0.110. The summed E-state index contributed by atoms with van der Waals surface area (Å²) < 4.78 is 2.96. The molecule has 5 rings (SSSR count). The average Bonchev–Trinajstić information content (AvgIpc) is 3.04. The van der Waals surface area contributed by atoms with Gasteiger partial charge < -0.3 is 10.3 Å². The van der Waals surface area contributed by atoms with Crippen molar-refractivity contribution in [3.05, 3.63) is 40.6 Å². The molecular weight excluding hydrogens is 332 g/mol. The van der Waals surface area contributed by atoms with Crippen molar-refractivity contribution in [1.82, 2.24) is 15.2 Å². The van der Waals surface area contributed by atoms with E-state index in [0.717, 1.165) is 31.4 Å². The molecule has 0 bridgehead atoms. The van der Waals surface area contributed by atoms with Crippen LogP contribution in [0.25, 0.3) is 0 Å². The van der Waals surface area contributed by atoms with Crippen molar-refractivity contribution < 1.29 is 4.79 Å². The van der Waals surface area contributed by atoms with E-state index in [1.165, 1.54) is 59.9 Å². The van der Waals surface area contributed by atoms with Crippen LogP contribution in [0, 0.1) is 0 Å². The monoisotopic (exact) mass is 356 g/mol. The predicted octanol–water partition coefficient (Wildman–Crippen LogP) is 3.26. The van der Waals surface area contributed by atoms with Crippen molar-refractivity contribution in [1.29, 1.82) is 0 Å². The van der Waals surface area contributed by atoms with Gasteiger partial charge in [-0.25, -0.2) is 10.2 Å². The normalized spacial score (nSPS) is 23.7. The first kappa shape index (κ1) is 15.6. The third-order valence-corrected chi connectivity index (χ3v) is 6.45. The summed E-state index contributed by atoms with van der Waals surface area (Å²) >= 11 is 1.43. The smallest absolute Gasteiger partial charge is 0.311 e. The number of benzene rings is 1. The number of carbonyl (C=O) groups is 1. The zero-order valence-corrected chi connectivity index (χ0v) is 15.1. The van der Waals surface area contributed by atoms with Crippen LogP contribution in [0.1, 0.15) is 47.9 Å². The quantitative estimate of drug-likeness (QED) is 0.725. The van der Waals surface area contributed by atoms with Crippen molar-refractivity contribution in [3.8, 4) is 0 Å². The van der Waals surface area contributed by atoms with E-state index < -0.39 is 0 Å². The first-order chi connectivity index (χ1) is 12.3. The summed E-state index contributed by atoms with van der Waals surface area (Å²) in [5, 5.41) is 5.45. The summed E-state index contributed by atoms with van der Waals surface area (Å²) in [4.78, 5) is 12.5. The maximum Gasteiger partial charge on any atom is 0.329 e. The number of hydrazine groups is 1. The van der Waals surface area contributed by atoms with Crippen molar-refractivity contribution in [3.63, 3.8) is 0 Å². The van der Waals surface area contributed by atoms with Crippen molar-refractivity contribution in [2.45, 2.75) is 62.8 Å². The second-order valence-electron chi connectivity index (χ2n) is 7.44. The number of anilines is 1. The van der Waals surface area contributed by atoms with Gasteiger partial charge in [-0.15, -0.1) is 0 Å². The molecule has 1 unspecified atom stereocenters. The summed E-state index contributed by atoms with van der Waals surface area (Å²) in [7, 11) is 0. The summed E-state index contributed by atoms with van der Waals surface area (Å²) in [6.45, 7) is 0. The maximum atomic E-state index is 12.5. The number of nitrogens with one attached hydrogen (secondary N) is 3. The third kappa shape index (κ3) is 3.02. The van der Waals surface area contributed by atoms with E-state index in [2.05, 4.69) is 38.8 Å². The number of carbonyl (C=O) groups excluding carboxylic acids is 1. The summed E-state index contributed by atoms with van der Waals surface area (Å²) in [5.74, 6) is 0. The highest BCUT2D eigenvalue weighted by Gasteiger charge is 2.31. The van der Waals surface area contributed by atoms with Gasteiger partial charge >= 0.3 is 6.03 Å². The van der Waals surface area contributed by atoms with E-state index in [0.29, 0.717) is 6.04 Å². The Morgan fingerprint density at radius 2 is 1.84 bits per heavy atom. The predicted molar refractivity (Wildman–Crippen MR) is 101 cm³/mol. The number of fused-ring (bicyclic) bond motifs is 2. The van der Waals surface area contributed by atoms with Crippen LogP contribution >= 0.6 is 11.9 Å². The van der Waals surface area contributed by atoms with E-state index in [4.69, 9.17) is 0 Å². The zero-order valence-electron chi connectivity index (χ0n) is 14.3. The minimum Gasteiger partial charge on any atom is -0.311 e. The van der Waals surface area contributed by atoms with E-state index >= 15 is 0 Å². The highest BCUT2D eigenvalue weighted by atomic mass is 32.2. The van der Waals surface area contributed by atoms with Gasteiger partial charge in [0, 0.05) is 17.9 Å². The van der Waals surface area contributed by atoms with Crippen LogP contribution in [0.3, 0.4) is 0 Å². The molecule has 3 aliphatic carbocycles. The second-order valence-corrected chi connectivity index (χ2v) is 8.39. The Kier molecular flexibility index (Phi) is 3.90. The van der Waals surface area contributed by atoms with Gasteiger partial charge in [0.05, 0.1) is 0 Å². The van der Waals surface area contributed by atoms with Gasteiger partial charge in [-0.05, 0) is 91.6 Å². The van der Waals surface area contributed by atoms with E-state index in [-0.39, 0.29) is 11.4 Å². The van der Waals surface area contributed by atoms with Crippen molar-refractivity contribution in [2.24, 2.45) is 0 Å². The standard InChI is InChI=1S/C19H24N4OS/c24-19(22-25-17-9-10-23(21-17)14-7-8-14)20-18-15-5-1-3-12(15)11-13-4-2-6-16(13)18/h9-11,14,17,21H,1-8H2,(H2,20,22,24).